The molecular formula is C11H13NO2. The summed E-state index contributed by atoms with van der Waals surface area (Å²) in [5.41, 5.74) is 7.55. The summed E-state index contributed by atoms with van der Waals surface area (Å²) in [6, 6.07) is 4.76. The molecule has 3 nitrogen and oxygen atoms in total. The van der Waals surface area contributed by atoms with Crippen molar-refractivity contribution in [2.45, 2.75) is 13.0 Å². The molecule has 1 unspecified atom stereocenters. The predicted octanol–water partition coefficient (Wildman–Crippen LogP) is 1.88. The molecule has 0 saturated carbocycles. The van der Waals surface area contributed by atoms with E-state index in [1.807, 2.05) is 6.07 Å². The topological polar surface area (TPSA) is 63.3 Å². The monoisotopic (exact) mass is 191 g/mol. The second-order valence-corrected chi connectivity index (χ2v) is 3.09. The van der Waals surface area contributed by atoms with Crippen LogP contribution in [0.4, 0.5) is 0 Å². The maximum Gasteiger partial charge on any atom is 0.335 e. The van der Waals surface area contributed by atoms with E-state index in [0.29, 0.717) is 11.1 Å². The first-order valence-corrected chi connectivity index (χ1v) is 4.29. The van der Waals surface area contributed by atoms with Crippen molar-refractivity contribution in [3.8, 4) is 0 Å². The number of rotatable bonds is 3. The van der Waals surface area contributed by atoms with Gasteiger partial charge < -0.3 is 10.8 Å². The van der Waals surface area contributed by atoms with E-state index >= 15 is 0 Å². The van der Waals surface area contributed by atoms with Crippen molar-refractivity contribution in [1.29, 1.82) is 0 Å². The molecule has 1 aromatic carbocycles. The smallest absolute Gasteiger partial charge is 0.335 e. The van der Waals surface area contributed by atoms with Crippen LogP contribution in [-0.4, -0.2) is 11.1 Å². The normalized spacial score (nSPS) is 12.1. The van der Waals surface area contributed by atoms with Gasteiger partial charge in [-0.25, -0.2) is 4.79 Å². The quantitative estimate of drug-likeness (QED) is 0.717. The van der Waals surface area contributed by atoms with Gasteiger partial charge in [-0.05, 0) is 24.1 Å². The van der Waals surface area contributed by atoms with Crippen molar-refractivity contribution in [2.24, 2.45) is 5.73 Å². The summed E-state index contributed by atoms with van der Waals surface area (Å²) < 4.78 is 0. The van der Waals surface area contributed by atoms with E-state index in [2.05, 4.69) is 6.58 Å². The van der Waals surface area contributed by atoms with Gasteiger partial charge in [-0.2, -0.15) is 0 Å². The van der Waals surface area contributed by atoms with E-state index < -0.39 is 5.97 Å². The summed E-state index contributed by atoms with van der Waals surface area (Å²) in [4.78, 5) is 10.8. The summed E-state index contributed by atoms with van der Waals surface area (Å²) >= 11 is 0. The third-order valence-corrected chi connectivity index (χ3v) is 2.22. The highest BCUT2D eigenvalue weighted by molar-refractivity contribution is 5.89. The highest BCUT2D eigenvalue weighted by Crippen LogP contribution is 2.19. The molecule has 0 aliphatic carbocycles. The number of carboxylic acids is 1. The molecule has 0 amide bonds. The van der Waals surface area contributed by atoms with Gasteiger partial charge in [0.2, 0.25) is 0 Å². The second-order valence-electron chi connectivity index (χ2n) is 3.09. The van der Waals surface area contributed by atoms with Crippen LogP contribution >= 0.6 is 0 Å². The molecule has 1 aromatic rings. The number of nitrogens with two attached hydrogens (primary N) is 1. The SMILES string of the molecule is C=CC(N)c1cccc(C(=O)O)c1C. The Morgan fingerprint density at radius 1 is 1.64 bits per heavy atom. The molecule has 0 radical (unpaired) electrons. The Balaban J connectivity index is 3.26. The lowest BCUT2D eigenvalue weighted by molar-refractivity contribution is 0.0696. The van der Waals surface area contributed by atoms with Gasteiger partial charge in [0.1, 0.15) is 0 Å². The van der Waals surface area contributed by atoms with Crippen LogP contribution in [0, 0.1) is 6.92 Å². The number of hydrogen-bond acceptors (Lipinski definition) is 2. The molecule has 0 spiro atoms. The third kappa shape index (κ3) is 1.83. The van der Waals surface area contributed by atoms with Crippen molar-refractivity contribution in [1.82, 2.24) is 0 Å². The van der Waals surface area contributed by atoms with E-state index in [-0.39, 0.29) is 6.04 Å². The summed E-state index contributed by atoms with van der Waals surface area (Å²) in [7, 11) is 0. The lowest BCUT2D eigenvalue weighted by atomic mass is 9.97. The van der Waals surface area contributed by atoms with E-state index in [4.69, 9.17) is 10.8 Å². The average molecular weight is 191 g/mol. The van der Waals surface area contributed by atoms with Gasteiger partial charge >= 0.3 is 5.97 Å². The number of aromatic carboxylic acids is 1. The molecule has 0 aliphatic rings. The molecule has 74 valence electrons. The lowest BCUT2D eigenvalue weighted by Crippen LogP contribution is -2.11. The van der Waals surface area contributed by atoms with Crippen LogP contribution < -0.4 is 5.73 Å². The van der Waals surface area contributed by atoms with Crippen molar-refractivity contribution in [3.05, 3.63) is 47.5 Å². The fraction of sp³-hybridized carbons (Fsp3) is 0.182. The van der Waals surface area contributed by atoms with Crippen molar-refractivity contribution in [2.75, 3.05) is 0 Å². The van der Waals surface area contributed by atoms with Gasteiger partial charge in [0.25, 0.3) is 0 Å². The van der Waals surface area contributed by atoms with Crippen LogP contribution in [0.25, 0.3) is 0 Å². The van der Waals surface area contributed by atoms with Gasteiger partial charge in [-0.1, -0.05) is 18.2 Å². The van der Waals surface area contributed by atoms with E-state index in [1.54, 1.807) is 25.1 Å². The van der Waals surface area contributed by atoms with Crippen molar-refractivity contribution in [3.63, 3.8) is 0 Å². The zero-order valence-electron chi connectivity index (χ0n) is 8.03. The summed E-state index contributed by atoms with van der Waals surface area (Å²) in [6.45, 7) is 5.33. The maximum absolute atomic E-state index is 10.8. The maximum atomic E-state index is 10.8. The van der Waals surface area contributed by atoms with Crippen LogP contribution in [0.15, 0.2) is 30.9 Å². The first-order valence-electron chi connectivity index (χ1n) is 4.29. The molecule has 0 saturated heterocycles. The zero-order valence-corrected chi connectivity index (χ0v) is 8.03. The van der Waals surface area contributed by atoms with Crippen LogP contribution in [0.2, 0.25) is 0 Å². The van der Waals surface area contributed by atoms with Crippen LogP contribution in [0.1, 0.15) is 27.5 Å². The fourth-order valence-electron chi connectivity index (χ4n) is 1.37. The number of benzene rings is 1. The van der Waals surface area contributed by atoms with Crippen molar-refractivity contribution < 1.29 is 9.90 Å². The van der Waals surface area contributed by atoms with E-state index in [1.165, 1.54) is 0 Å². The molecule has 14 heavy (non-hydrogen) atoms. The minimum absolute atomic E-state index is 0.291. The van der Waals surface area contributed by atoms with Crippen LogP contribution in [0.3, 0.4) is 0 Å². The van der Waals surface area contributed by atoms with Crippen molar-refractivity contribution >= 4 is 5.97 Å². The molecule has 1 rings (SSSR count). The highest BCUT2D eigenvalue weighted by Gasteiger charge is 2.12. The van der Waals surface area contributed by atoms with Gasteiger partial charge in [0.05, 0.1) is 5.56 Å². The largest absolute Gasteiger partial charge is 0.478 e. The molecule has 0 heterocycles. The minimum atomic E-state index is -0.930. The molecule has 0 aromatic heterocycles. The minimum Gasteiger partial charge on any atom is -0.478 e. The molecule has 0 fully saturated rings. The van der Waals surface area contributed by atoms with E-state index in [0.717, 1.165) is 5.56 Å². The Kier molecular flexibility index (Phi) is 3.04. The summed E-state index contributed by atoms with van der Waals surface area (Å²) in [6.07, 6.45) is 1.59. The Hall–Kier alpha value is -1.61. The highest BCUT2D eigenvalue weighted by atomic mass is 16.4. The molecular weight excluding hydrogens is 178 g/mol. The number of carboxylic acid groups (broad SMARTS) is 1. The Morgan fingerprint density at radius 2 is 2.29 bits per heavy atom. The van der Waals surface area contributed by atoms with Gasteiger partial charge in [-0.15, -0.1) is 6.58 Å². The first kappa shape index (κ1) is 10.5. The molecule has 3 heteroatoms. The Labute approximate surface area is 82.9 Å². The third-order valence-electron chi connectivity index (χ3n) is 2.22. The summed E-state index contributed by atoms with van der Waals surface area (Å²) in [5.74, 6) is -0.930. The number of hydrogen-bond donors (Lipinski definition) is 2. The average Bonchev–Trinajstić information content (AvgIpc) is 2.16. The summed E-state index contributed by atoms with van der Waals surface area (Å²) in [5, 5.41) is 8.88. The fourth-order valence-corrected chi connectivity index (χ4v) is 1.37. The molecule has 0 aliphatic heterocycles. The van der Waals surface area contributed by atoms with Crippen LogP contribution in [-0.2, 0) is 0 Å². The van der Waals surface area contributed by atoms with E-state index in [9.17, 15) is 4.79 Å². The Morgan fingerprint density at radius 3 is 2.79 bits per heavy atom. The molecule has 1 atom stereocenters. The second kappa shape index (κ2) is 4.07. The van der Waals surface area contributed by atoms with Gasteiger partial charge in [-0.3, -0.25) is 0 Å². The first-order chi connectivity index (χ1) is 6.57. The van der Waals surface area contributed by atoms with Gasteiger partial charge in [0.15, 0.2) is 0 Å². The Bertz CT molecular complexity index is 372. The number of carbonyl (C=O) groups is 1. The standard InChI is InChI=1S/C11H13NO2/c1-3-10(12)8-5-4-6-9(7(8)2)11(13)14/h3-6,10H,1,12H2,2H3,(H,13,14). The van der Waals surface area contributed by atoms with Gasteiger partial charge in [0, 0.05) is 6.04 Å². The zero-order chi connectivity index (χ0) is 10.7. The predicted molar refractivity (Wildman–Crippen MR) is 55.3 cm³/mol. The lowest BCUT2D eigenvalue weighted by Gasteiger charge is -2.11. The molecule has 3 N–H and O–H groups in total. The van der Waals surface area contributed by atoms with Crippen LogP contribution in [0.5, 0.6) is 0 Å². The molecule has 0 bridgehead atoms.